The normalized spacial score (nSPS) is 12.0. The van der Waals surface area contributed by atoms with Gasteiger partial charge in [-0.3, -0.25) is 4.79 Å². The summed E-state index contributed by atoms with van der Waals surface area (Å²) in [5, 5.41) is 3.17. The van der Waals surface area contributed by atoms with Gasteiger partial charge in [-0.2, -0.15) is 4.31 Å². The zero-order valence-corrected chi connectivity index (χ0v) is 14.6. The van der Waals surface area contributed by atoms with Crippen LogP contribution in [-0.2, 0) is 14.8 Å². The number of hydrogen-bond acceptors (Lipinski definition) is 5. The van der Waals surface area contributed by atoms with E-state index < -0.39 is 15.6 Å². The number of sulfonamides is 1. The fraction of sp³-hybridized carbons (Fsp3) is 0.375. The molecule has 0 bridgehead atoms. The van der Waals surface area contributed by atoms with Crippen molar-refractivity contribution in [3.8, 4) is 0 Å². The van der Waals surface area contributed by atoms with E-state index in [1.165, 1.54) is 30.3 Å². The van der Waals surface area contributed by atoms with E-state index in [4.69, 9.17) is 4.42 Å². The van der Waals surface area contributed by atoms with Crippen molar-refractivity contribution < 1.29 is 17.6 Å². The molecule has 0 fully saturated rings. The average molecular weight is 352 g/mol. The molecule has 0 spiro atoms. The Labute approximate surface area is 140 Å². The van der Waals surface area contributed by atoms with Crippen LogP contribution < -0.4 is 10.9 Å². The highest BCUT2D eigenvalue weighted by Gasteiger charge is 2.25. The van der Waals surface area contributed by atoms with Gasteiger partial charge in [0.05, 0.1) is 11.4 Å². The van der Waals surface area contributed by atoms with Gasteiger partial charge in [-0.25, -0.2) is 13.2 Å². The quantitative estimate of drug-likeness (QED) is 0.791. The number of hydrogen-bond donors (Lipinski definition) is 1. The molecule has 0 aliphatic heterocycles. The van der Waals surface area contributed by atoms with E-state index >= 15 is 0 Å². The number of likely N-dealkylation sites (N-methyl/N-ethyl adjacent to an activating group) is 1. The van der Waals surface area contributed by atoms with Crippen LogP contribution in [0.4, 0.5) is 0 Å². The first kappa shape index (κ1) is 18.2. The second-order valence-electron chi connectivity index (χ2n) is 5.61. The van der Waals surface area contributed by atoms with Crippen LogP contribution in [0.2, 0.25) is 0 Å². The Morgan fingerprint density at radius 1 is 1.25 bits per heavy atom. The fourth-order valence-corrected chi connectivity index (χ4v) is 3.70. The summed E-state index contributed by atoms with van der Waals surface area (Å²) >= 11 is 0. The molecule has 1 aromatic heterocycles. The Morgan fingerprint density at radius 3 is 2.58 bits per heavy atom. The molecule has 8 heteroatoms. The smallest absolute Gasteiger partial charge is 0.336 e. The first-order valence-corrected chi connectivity index (χ1v) is 9.01. The standard InChI is InChI=1S/C16H20N2O5S/c1-4-18(10-15(19)17-11(2)3)24(21,22)13-6-7-14-12(9-13)5-8-16(20)23-14/h5-9,11H,4,10H2,1-3H3,(H,17,19). The van der Waals surface area contributed by atoms with Crippen molar-refractivity contribution in [2.45, 2.75) is 31.7 Å². The van der Waals surface area contributed by atoms with Crippen molar-refractivity contribution in [3.05, 3.63) is 40.8 Å². The molecule has 0 saturated heterocycles. The highest BCUT2D eigenvalue weighted by atomic mass is 32.2. The van der Waals surface area contributed by atoms with E-state index in [-0.39, 0.29) is 29.9 Å². The monoisotopic (exact) mass is 352 g/mol. The number of rotatable bonds is 6. The number of amides is 1. The third-order valence-corrected chi connectivity index (χ3v) is 5.27. The van der Waals surface area contributed by atoms with Crippen LogP contribution >= 0.6 is 0 Å². The lowest BCUT2D eigenvalue weighted by Crippen LogP contribution is -2.42. The minimum absolute atomic E-state index is 0.0445. The molecule has 0 radical (unpaired) electrons. The van der Waals surface area contributed by atoms with Crippen LogP contribution in [0.15, 0.2) is 44.4 Å². The van der Waals surface area contributed by atoms with Gasteiger partial charge in [-0.05, 0) is 38.1 Å². The zero-order chi connectivity index (χ0) is 17.9. The van der Waals surface area contributed by atoms with Gasteiger partial charge in [0.1, 0.15) is 5.58 Å². The molecule has 0 saturated carbocycles. The number of benzene rings is 1. The maximum Gasteiger partial charge on any atom is 0.336 e. The largest absolute Gasteiger partial charge is 0.423 e. The van der Waals surface area contributed by atoms with Gasteiger partial charge in [-0.15, -0.1) is 0 Å². The Morgan fingerprint density at radius 2 is 1.96 bits per heavy atom. The summed E-state index contributed by atoms with van der Waals surface area (Å²) in [7, 11) is -3.83. The van der Waals surface area contributed by atoms with Gasteiger partial charge in [0.2, 0.25) is 15.9 Å². The molecule has 0 aliphatic rings. The van der Waals surface area contributed by atoms with Crippen molar-refractivity contribution in [3.63, 3.8) is 0 Å². The van der Waals surface area contributed by atoms with Crippen LogP contribution in [0, 0.1) is 0 Å². The Bertz CT molecular complexity index is 902. The molecular weight excluding hydrogens is 332 g/mol. The van der Waals surface area contributed by atoms with E-state index in [1.807, 2.05) is 0 Å². The molecule has 2 aromatic rings. The highest BCUT2D eigenvalue weighted by Crippen LogP contribution is 2.21. The number of nitrogens with zero attached hydrogens (tertiary/aromatic N) is 1. The molecular formula is C16H20N2O5S. The van der Waals surface area contributed by atoms with E-state index in [2.05, 4.69) is 5.32 Å². The predicted molar refractivity (Wildman–Crippen MR) is 90.2 cm³/mol. The lowest BCUT2D eigenvalue weighted by molar-refractivity contribution is -0.121. The summed E-state index contributed by atoms with van der Waals surface area (Å²) in [6, 6.07) is 6.89. The second-order valence-corrected chi connectivity index (χ2v) is 7.55. The summed E-state index contributed by atoms with van der Waals surface area (Å²) in [5.41, 5.74) is -0.194. The van der Waals surface area contributed by atoms with E-state index in [0.29, 0.717) is 11.0 Å². The molecule has 1 aromatic carbocycles. The second kappa shape index (κ2) is 7.14. The van der Waals surface area contributed by atoms with Crippen molar-refractivity contribution in [2.75, 3.05) is 13.1 Å². The fourth-order valence-electron chi connectivity index (χ4n) is 2.25. The number of fused-ring (bicyclic) bond motifs is 1. The average Bonchev–Trinajstić information content (AvgIpc) is 2.51. The summed E-state index contributed by atoms with van der Waals surface area (Å²) in [5.74, 6) is -0.359. The van der Waals surface area contributed by atoms with Crippen molar-refractivity contribution >= 4 is 26.9 Å². The number of carbonyl (C=O) groups excluding carboxylic acids is 1. The van der Waals surface area contributed by atoms with Crippen molar-refractivity contribution in [1.29, 1.82) is 0 Å². The van der Waals surface area contributed by atoms with Crippen molar-refractivity contribution in [1.82, 2.24) is 9.62 Å². The predicted octanol–water partition coefficient (Wildman–Crippen LogP) is 1.33. The molecule has 1 N–H and O–H groups in total. The van der Waals surface area contributed by atoms with Crippen LogP contribution in [0.5, 0.6) is 0 Å². The van der Waals surface area contributed by atoms with Crippen LogP contribution in [0.3, 0.4) is 0 Å². The van der Waals surface area contributed by atoms with Gasteiger partial charge >= 0.3 is 5.63 Å². The summed E-state index contributed by atoms with van der Waals surface area (Å²) in [6.07, 6.45) is 0. The summed E-state index contributed by atoms with van der Waals surface area (Å²) < 4.78 is 31.6. The third-order valence-electron chi connectivity index (χ3n) is 3.35. The Kier molecular flexibility index (Phi) is 5.40. The molecule has 1 heterocycles. The van der Waals surface area contributed by atoms with Gasteiger partial charge < -0.3 is 9.73 Å². The van der Waals surface area contributed by atoms with Crippen molar-refractivity contribution in [2.24, 2.45) is 0 Å². The van der Waals surface area contributed by atoms with Crippen LogP contribution in [0.1, 0.15) is 20.8 Å². The third kappa shape index (κ3) is 4.01. The molecule has 2 rings (SSSR count). The number of nitrogens with one attached hydrogen (secondary N) is 1. The molecule has 0 aliphatic carbocycles. The molecule has 130 valence electrons. The molecule has 0 atom stereocenters. The Balaban J connectivity index is 2.35. The van der Waals surface area contributed by atoms with Gasteiger partial charge in [0.25, 0.3) is 0 Å². The first-order valence-electron chi connectivity index (χ1n) is 7.57. The topological polar surface area (TPSA) is 96.7 Å². The molecule has 0 unspecified atom stereocenters. The van der Waals surface area contributed by atoms with E-state index in [9.17, 15) is 18.0 Å². The maximum absolute atomic E-state index is 12.7. The van der Waals surface area contributed by atoms with Gasteiger partial charge in [0, 0.05) is 24.0 Å². The van der Waals surface area contributed by atoms with E-state index in [0.717, 1.165) is 4.31 Å². The van der Waals surface area contributed by atoms with E-state index in [1.54, 1.807) is 20.8 Å². The molecule has 1 amide bonds. The van der Waals surface area contributed by atoms with Crippen LogP contribution in [-0.4, -0.2) is 37.8 Å². The summed E-state index contributed by atoms with van der Waals surface area (Å²) in [4.78, 5) is 23.1. The zero-order valence-electron chi connectivity index (χ0n) is 13.8. The number of carbonyl (C=O) groups is 1. The SMILES string of the molecule is CCN(CC(=O)NC(C)C)S(=O)(=O)c1ccc2oc(=O)ccc2c1. The minimum Gasteiger partial charge on any atom is -0.423 e. The molecule has 24 heavy (non-hydrogen) atoms. The molecule has 7 nitrogen and oxygen atoms in total. The maximum atomic E-state index is 12.7. The lowest BCUT2D eigenvalue weighted by atomic mass is 10.2. The minimum atomic E-state index is -3.83. The summed E-state index contributed by atoms with van der Waals surface area (Å²) in [6.45, 7) is 5.19. The first-order chi connectivity index (χ1) is 11.2. The Hall–Kier alpha value is -2.19. The lowest BCUT2D eigenvalue weighted by Gasteiger charge is -2.21. The van der Waals surface area contributed by atoms with Gasteiger partial charge in [0.15, 0.2) is 0 Å². The van der Waals surface area contributed by atoms with Crippen LogP contribution in [0.25, 0.3) is 11.0 Å². The highest BCUT2D eigenvalue weighted by molar-refractivity contribution is 7.89. The van der Waals surface area contributed by atoms with Gasteiger partial charge in [-0.1, -0.05) is 6.92 Å².